The van der Waals surface area contributed by atoms with Gasteiger partial charge in [-0.05, 0) is 30.3 Å². The molecule has 124 valence electrons. The van der Waals surface area contributed by atoms with E-state index < -0.39 is 16.1 Å². The Morgan fingerprint density at radius 2 is 1.88 bits per heavy atom. The minimum Gasteiger partial charge on any atom is -0.390 e. The molecule has 0 aliphatic carbocycles. The largest absolute Gasteiger partial charge is 0.390 e. The molecular weight excluding hydrogens is 348 g/mol. The number of benzene rings is 2. The molecule has 8 heteroatoms. The first-order valence-electron chi connectivity index (χ1n) is 7.35. The lowest BCUT2D eigenvalue weighted by molar-refractivity contribution is 0.0548. The smallest absolute Gasteiger partial charge is 0.256 e. The van der Waals surface area contributed by atoms with Crippen LogP contribution in [0.1, 0.15) is 10.4 Å². The zero-order chi connectivity index (χ0) is 16.9. The number of β-amino-alcohol motifs (C(OH)–C–C–N with tert-alkyl or cyclic N) is 1. The molecule has 0 saturated carbocycles. The summed E-state index contributed by atoms with van der Waals surface area (Å²) in [4.78, 5) is 14.1. The van der Waals surface area contributed by atoms with Crippen LogP contribution in [0.15, 0.2) is 57.2 Å². The predicted octanol–water partition coefficient (Wildman–Crippen LogP) is 1.77. The molecular formula is C16H14N2O4S2. The van der Waals surface area contributed by atoms with Crippen LogP contribution in [-0.4, -0.2) is 42.9 Å². The summed E-state index contributed by atoms with van der Waals surface area (Å²) < 4.78 is 26.3. The van der Waals surface area contributed by atoms with E-state index in [1.54, 1.807) is 18.2 Å². The Morgan fingerprint density at radius 3 is 2.62 bits per heavy atom. The van der Waals surface area contributed by atoms with E-state index in [-0.39, 0.29) is 23.9 Å². The summed E-state index contributed by atoms with van der Waals surface area (Å²) in [7, 11) is -3.65. The van der Waals surface area contributed by atoms with E-state index in [4.69, 9.17) is 0 Å². The number of anilines is 1. The van der Waals surface area contributed by atoms with Crippen molar-refractivity contribution in [3.05, 3.63) is 48.0 Å². The van der Waals surface area contributed by atoms with Gasteiger partial charge < -0.3 is 10.4 Å². The van der Waals surface area contributed by atoms with Gasteiger partial charge in [0.15, 0.2) is 0 Å². The fourth-order valence-corrected chi connectivity index (χ4v) is 5.22. The van der Waals surface area contributed by atoms with Gasteiger partial charge in [-0.15, -0.1) is 0 Å². The van der Waals surface area contributed by atoms with Crippen molar-refractivity contribution < 1.29 is 18.3 Å². The van der Waals surface area contributed by atoms with Crippen LogP contribution in [0.2, 0.25) is 0 Å². The van der Waals surface area contributed by atoms with Crippen LogP contribution in [0, 0.1) is 0 Å². The fourth-order valence-electron chi connectivity index (χ4n) is 2.67. The highest BCUT2D eigenvalue weighted by molar-refractivity contribution is 7.99. The zero-order valence-electron chi connectivity index (χ0n) is 12.5. The molecule has 0 spiro atoms. The first-order chi connectivity index (χ1) is 11.4. The lowest BCUT2D eigenvalue weighted by Crippen LogP contribution is -2.53. The molecule has 0 bridgehead atoms. The van der Waals surface area contributed by atoms with Crippen molar-refractivity contribution in [2.45, 2.75) is 20.8 Å². The van der Waals surface area contributed by atoms with Gasteiger partial charge in [-0.25, -0.2) is 8.42 Å². The number of carbonyl (C=O) groups excluding carboxylic acids is 1. The minimum atomic E-state index is -3.65. The third-order valence-corrected chi connectivity index (χ3v) is 7.00. The van der Waals surface area contributed by atoms with Crippen molar-refractivity contribution >= 4 is 33.4 Å². The molecule has 2 aliphatic heterocycles. The summed E-state index contributed by atoms with van der Waals surface area (Å²) in [5.74, 6) is -0.259. The van der Waals surface area contributed by atoms with Gasteiger partial charge in [-0.3, -0.25) is 4.79 Å². The highest BCUT2D eigenvalue weighted by atomic mass is 32.2. The van der Waals surface area contributed by atoms with Gasteiger partial charge in [-0.1, -0.05) is 23.9 Å². The Labute approximate surface area is 143 Å². The summed E-state index contributed by atoms with van der Waals surface area (Å²) in [5.41, 5.74) is 1.04. The Balaban J connectivity index is 1.72. The van der Waals surface area contributed by atoms with E-state index in [0.717, 1.165) is 9.79 Å². The number of fused-ring (bicyclic) bond motifs is 2. The molecule has 1 fully saturated rings. The molecule has 2 N–H and O–H groups in total. The number of hydrogen-bond donors (Lipinski definition) is 2. The molecule has 4 rings (SSSR count). The van der Waals surface area contributed by atoms with Crippen LogP contribution in [0.25, 0.3) is 0 Å². The summed E-state index contributed by atoms with van der Waals surface area (Å²) in [6, 6.07) is 12.0. The van der Waals surface area contributed by atoms with Gasteiger partial charge in [0.05, 0.1) is 22.3 Å². The molecule has 2 aromatic rings. The Bertz CT molecular complexity index is 937. The number of hydrogen-bond acceptors (Lipinski definition) is 5. The topological polar surface area (TPSA) is 86.7 Å². The predicted molar refractivity (Wildman–Crippen MR) is 89.7 cm³/mol. The molecule has 1 amide bonds. The number of nitrogens with zero attached hydrogens (tertiary/aromatic N) is 1. The summed E-state index contributed by atoms with van der Waals surface area (Å²) >= 11 is 1.42. The molecule has 0 atom stereocenters. The molecule has 0 aromatic heterocycles. The second-order valence-electron chi connectivity index (χ2n) is 5.69. The minimum absolute atomic E-state index is 0.103. The number of carbonyl (C=O) groups is 1. The highest BCUT2D eigenvalue weighted by Crippen LogP contribution is 2.40. The average molecular weight is 362 g/mol. The second-order valence-corrected chi connectivity index (χ2v) is 8.71. The lowest BCUT2D eigenvalue weighted by Gasteiger charge is -2.34. The normalized spacial score (nSPS) is 18.1. The van der Waals surface area contributed by atoms with Crippen LogP contribution in [0.3, 0.4) is 0 Å². The first-order valence-corrected chi connectivity index (χ1v) is 9.61. The van der Waals surface area contributed by atoms with Gasteiger partial charge >= 0.3 is 0 Å². The molecule has 2 heterocycles. The van der Waals surface area contributed by atoms with Crippen molar-refractivity contribution in [3.63, 3.8) is 0 Å². The van der Waals surface area contributed by atoms with E-state index >= 15 is 0 Å². The molecule has 0 unspecified atom stereocenters. The Hall–Kier alpha value is -1.87. The summed E-state index contributed by atoms with van der Waals surface area (Å²) in [6.45, 7) is 0.206. The van der Waals surface area contributed by atoms with Crippen molar-refractivity contribution in [1.82, 2.24) is 4.31 Å². The van der Waals surface area contributed by atoms with Gasteiger partial charge in [0.2, 0.25) is 10.0 Å². The van der Waals surface area contributed by atoms with Gasteiger partial charge in [0.25, 0.3) is 5.91 Å². The molecule has 24 heavy (non-hydrogen) atoms. The van der Waals surface area contributed by atoms with Crippen molar-refractivity contribution in [3.8, 4) is 0 Å². The maximum atomic E-state index is 12.5. The zero-order valence-corrected chi connectivity index (χ0v) is 14.1. The summed E-state index contributed by atoms with van der Waals surface area (Å²) in [6.07, 6.45) is -0.606. The third-order valence-electron chi connectivity index (χ3n) is 4.02. The van der Waals surface area contributed by atoms with Gasteiger partial charge in [0, 0.05) is 22.9 Å². The van der Waals surface area contributed by atoms with Crippen LogP contribution in [0.5, 0.6) is 0 Å². The van der Waals surface area contributed by atoms with E-state index in [2.05, 4.69) is 5.32 Å². The standard InChI is InChI=1S/C16H14N2O4S2/c19-10-8-18(9-10)24(21,22)11-5-6-15-13(7-11)17-16(20)12-3-1-2-4-14(12)23-15/h1-7,10,19H,8-9H2,(H,17,20). The average Bonchev–Trinajstić information content (AvgIpc) is 2.67. The molecule has 2 aromatic carbocycles. The number of sulfonamides is 1. The lowest BCUT2D eigenvalue weighted by atomic mass is 10.2. The van der Waals surface area contributed by atoms with Crippen LogP contribution < -0.4 is 5.32 Å². The van der Waals surface area contributed by atoms with E-state index in [0.29, 0.717) is 11.3 Å². The second kappa shape index (κ2) is 5.59. The number of aliphatic hydroxyl groups excluding tert-OH is 1. The van der Waals surface area contributed by atoms with Crippen molar-refractivity contribution in [1.29, 1.82) is 0 Å². The van der Waals surface area contributed by atoms with Crippen LogP contribution in [-0.2, 0) is 10.0 Å². The van der Waals surface area contributed by atoms with E-state index in [9.17, 15) is 18.3 Å². The fraction of sp³-hybridized carbons (Fsp3) is 0.188. The van der Waals surface area contributed by atoms with Gasteiger partial charge in [-0.2, -0.15) is 4.31 Å². The van der Waals surface area contributed by atoms with Crippen LogP contribution in [0.4, 0.5) is 5.69 Å². The number of aliphatic hydroxyl groups is 1. The number of rotatable bonds is 2. The molecule has 6 nitrogen and oxygen atoms in total. The van der Waals surface area contributed by atoms with E-state index in [1.807, 2.05) is 12.1 Å². The van der Waals surface area contributed by atoms with E-state index in [1.165, 1.54) is 28.2 Å². The molecule has 2 aliphatic rings. The third kappa shape index (κ3) is 2.51. The monoisotopic (exact) mass is 362 g/mol. The SMILES string of the molecule is O=C1Nc2cc(S(=O)(=O)N3CC(O)C3)ccc2Sc2ccccc21. The van der Waals surface area contributed by atoms with Gasteiger partial charge in [0.1, 0.15) is 0 Å². The molecule has 1 saturated heterocycles. The molecule has 0 radical (unpaired) electrons. The Morgan fingerprint density at radius 1 is 1.12 bits per heavy atom. The van der Waals surface area contributed by atoms with Crippen molar-refractivity contribution in [2.24, 2.45) is 0 Å². The maximum Gasteiger partial charge on any atom is 0.256 e. The number of amides is 1. The maximum absolute atomic E-state index is 12.5. The Kier molecular flexibility index (Phi) is 3.65. The van der Waals surface area contributed by atoms with Crippen molar-refractivity contribution in [2.75, 3.05) is 18.4 Å². The highest BCUT2D eigenvalue weighted by Gasteiger charge is 2.36. The van der Waals surface area contributed by atoms with Crippen LogP contribution >= 0.6 is 11.8 Å². The number of nitrogens with one attached hydrogen (secondary N) is 1. The quantitative estimate of drug-likeness (QED) is 0.850. The first kappa shape index (κ1) is 15.6. The summed E-state index contributed by atoms with van der Waals surface area (Å²) in [5, 5.41) is 12.1.